The molecule has 1 atom stereocenters. The monoisotopic (exact) mass is 224 g/mol. The van der Waals surface area contributed by atoms with Crippen LogP contribution in [-0.4, -0.2) is 32.5 Å². The Morgan fingerprint density at radius 2 is 2.31 bits per heavy atom. The maximum absolute atomic E-state index is 9.09. The van der Waals surface area contributed by atoms with E-state index in [9.17, 15) is 0 Å². The first kappa shape index (κ1) is 11.5. The number of aliphatic hydroxyl groups excluding tert-OH is 1. The van der Waals surface area contributed by atoms with Crippen molar-refractivity contribution in [3.05, 3.63) is 11.6 Å². The van der Waals surface area contributed by atoms with Crippen LogP contribution in [0.3, 0.4) is 0 Å². The van der Waals surface area contributed by atoms with E-state index in [4.69, 9.17) is 5.11 Å². The molecule has 0 aromatic carbocycles. The average Bonchev–Trinajstić information content (AvgIpc) is 2.74. The molecule has 2 rings (SSSR count). The van der Waals surface area contributed by atoms with Crippen LogP contribution in [0.5, 0.6) is 0 Å². The normalized spacial score (nSPS) is 17.1. The molecule has 0 saturated heterocycles. The molecule has 2 N–H and O–H groups in total. The minimum atomic E-state index is 0.163. The van der Waals surface area contributed by atoms with Gasteiger partial charge in [-0.3, -0.25) is 0 Å². The second-order valence-corrected chi connectivity index (χ2v) is 4.31. The van der Waals surface area contributed by atoms with Gasteiger partial charge in [-0.15, -0.1) is 10.2 Å². The highest BCUT2D eigenvalue weighted by molar-refractivity contribution is 4.98. The van der Waals surface area contributed by atoms with E-state index < -0.39 is 0 Å². The van der Waals surface area contributed by atoms with Gasteiger partial charge in [-0.1, -0.05) is 6.92 Å². The number of aliphatic hydroxyl groups is 1. The lowest BCUT2D eigenvalue weighted by Crippen LogP contribution is -2.32. The van der Waals surface area contributed by atoms with Gasteiger partial charge in [-0.2, -0.15) is 0 Å². The molecule has 1 aliphatic heterocycles. The van der Waals surface area contributed by atoms with Crippen molar-refractivity contribution in [1.29, 1.82) is 0 Å². The highest BCUT2D eigenvalue weighted by atomic mass is 16.3. The van der Waals surface area contributed by atoms with E-state index in [-0.39, 0.29) is 12.6 Å². The Morgan fingerprint density at radius 1 is 1.44 bits per heavy atom. The first-order chi connectivity index (χ1) is 7.85. The number of rotatable bonds is 5. The lowest BCUT2D eigenvalue weighted by atomic mass is 10.1. The molecule has 0 fully saturated rings. The summed E-state index contributed by atoms with van der Waals surface area (Å²) >= 11 is 0. The fourth-order valence-electron chi connectivity index (χ4n) is 2.07. The zero-order valence-electron chi connectivity index (χ0n) is 9.82. The van der Waals surface area contributed by atoms with Gasteiger partial charge in [0.2, 0.25) is 0 Å². The number of hydrogen-bond donors (Lipinski definition) is 2. The van der Waals surface area contributed by atoms with Crippen molar-refractivity contribution in [1.82, 2.24) is 20.1 Å². The van der Waals surface area contributed by atoms with Gasteiger partial charge in [0.15, 0.2) is 0 Å². The molecular formula is C11H20N4O. The van der Waals surface area contributed by atoms with Gasteiger partial charge >= 0.3 is 0 Å². The van der Waals surface area contributed by atoms with Gasteiger partial charge in [0.05, 0.1) is 13.2 Å². The molecular weight excluding hydrogens is 204 g/mol. The average molecular weight is 224 g/mol. The molecule has 1 unspecified atom stereocenters. The van der Waals surface area contributed by atoms with E-state index in [2.05, 4.69) is 27.0 Å². The van der Waals surface area contributed by atoms with Crippen molar-refractivity contribution in [3.8, 4) is 0 Å². The number of nitrogens with one attached hydrogen (secondary N) is 1. The Hall–Kier alpha value is -0.940. The predicted octanol–water partition coefficient (Wildman–Crippen LogP) is 0.475. The van der Waals surface area contributed by atoms with E-state index in [0.29, 0.717) is 6.54 Å². The van der Waals surface area contributed by atoms with Crippen LogP contribution in [0.2, 0.25) is 0 Å². The smallest absolute Gasteiger partial charge is 0.147 e. The lowest BCUT2D eigenvalue weighted by Gasteiger charge is -2.17. The summed E-state index contributed by atoms with van der Waals surface area (Å²) in [4.78, 5) is 0. The van der Waals surface area contributed by atoms with Gasteiger partial charge in [-0.05, 0) is 19.3 Å². The number of aromatic nitrogens is 3. The molecule has 0 radical (unpaired) electrons. The molecule has 1 aromatic heterocycles. The molecule has 5 nitrogen and oxygen atoms in total. The van der Waals surface area contributed by atoms with Crippen LogP contribution in [0.15, 0.2) is 0 Å². The molecule has 0 bridgehead atoms. The molecule has 0 saturated carbocycles. The molecule has 16 heavy (non-hydrogen) atoms. The first-order valence-electron chi connectivity index (χ1n) is 6.10. The van der Waals surface area contributed by atoms with Crippen molar-refractivity contribution in [2.45, 2.75) is 51.7 Å². The molecule has 2 heterocycles. The van der Waals surface area contributed by atoms with E-state index in [0.717, 1.165) is 31.0 Å². The van der Waals surface area contributed by atoms with E-state index in [1.807, 2.05) is 0 Å². The molecule has 0 amide bonds. The minimum absolute atomic E-state index is 0.163. The summed E-state index contributed by atoms with van der Waals surface area (Å²) in [7, 11) is 0. The molecule has 0 aliphatic carbocycles. The fraction of sp³-hybridized carbons (Fsp3) is 0.818. The third kappa shape index (κ3) is 2.41. The third-order valence-corrected chi connectivity index (χ3v) is 3.20. The zero-order chi connectivity index (χ0) is 11.4. The Bertz CT molecular complexity index is 333. The standard InChI is InChI=1S/C11H20N4O/c1-2-9(8-16)12-7-11-14-13-10-5-3-4-6-15(10)11/h9,12,16H,2-8H2,1H3. The largest absolute Gasteiger partial charge is 0.395 e. The van der Waals surface area contributed by atoms with Crippen LogP contribution in [0.25, 0.3) is 0 Å². The summed E-state index contributed by atoms with van der Waals surface area (Å²) < 4.78 is 2.21. The molecule has 1 aliphatic rings. The van der Waals surface area contributed by atoms with E-state index >= 15 is 0 Å². The van der Waals surface area contributed by atoms with E-state index in [1.54, 1.807) is 0 Å². The minimum Gasteiger partial charge on any atom is -0.395 e. The molecule has 1 aromatic rings. The summed E-state index contributed by atoms with van der Waals surface area (Å²) in [6.07, 6.45) is 4.41. The lowest BCUT2D eigenvalue weighted by molar-refractivity contribution is 0.237. The highest BCUT2D eigenvalue weighted by Gasteiger charge is 2.15. The molecule has 90 valence electrons. The Kier molecular flexibility index (Phi) is 3.90. The topological polar surface area (TPSA) is 63.0 Å². The van der Waals surface area contributed by atoms with Gasteiger partial charge in [0, 0.05) is 19.0 Å². The highest BCUT2D eigenvalue weighted by Crippen LogP contribution is 2.14. The quantitative estimate of drug-likeness (QED) is 0.763. The van der Waals surface area contributed by atoms with Crippen LogP contribution in [-0.2, 0) is 19.5 Å². The van der Waals surface area contributed by atoms with Crippen LogP contribution in [0.1, 0.15) is 37.8 Å². The molecule has 5 heteroatoms. The number of hydrogen-bond acceptors (Lipinski definition) is 4. The maximum Gasteiger partial charge on any atom is 0.147 e. The van der Waals surface area contributed by atoms with Crippen molar-refractivity contribution in [2.24, 2.45) is 0 Å². The number of fused-ring (bicyclic) bond motifs is 1. The van der Waals surface area contributed by atoms with Gasteiger partial charge < -0.3 is 15.0 Å². The van der Waals surface area contributed by atoms with Gasteiger partial charge in [0.1, 0.15) is 11.6 Å². The summed E-state index contributed by atoms with van der Waals surface area (Å²) in [6.45, 7) is 3.98. The van der Waals surface area contributed by atoms with Gasteiger partial charge in [-0.25, -0.2) is 0 Å². The Labute approximate surface area is 95.9 Å². The summed E-state index contributed by atoms with van der Waals surface area (Å²) in [5, 5.41) is 20.8. The van der Waals surface area contributed by atoms with Crippen LogP contribution in [0.4, 0.5) is 0 Å². The second-order valence-electron chi connectivity index (χ2n) is 4.31. The maximum atomic E-state index is 9.09. The van der Waals surface area contributed by atoms with Crippen molar-refractivity contribution < 1.29 is 5.11 Å². The Morgan fingerprint density at radius 3 is 3.06 bits per heavy atom. The second kappa shape index (κ2) is 5.41. The SMILES string of the molecule is CCC(CO)NCc1nnc2n1CCCC2. The van der Waals surface area contributed by atoms with Crippen molar-refractivity contribution in [2.75, 3.05) is 6.61 Å². The summed E-state index contributed by atoms with van der Waals surface area (Å²) in [5.74, 6) is 2.11. The van der Waals surface area contributed by atoms with Crippen LogP contribution < -0.4 is 5.32 Å². The Balaban J connectivity index is 1.96. The summed E-state index contributed by atoms with van der Waals surface area (Å²) in [6, 6.07) is 0.163. The van der Waals surface area contributed by atoms with Crippen molar-refractivity contribution >= 4 is 0 Å². The predicted molar refractivity (Wildman–Crippen MR) is 61.0 cm³/mol. The third-order valence-electron chi connectivity index (χ3n) is 3.20. The van der Waals surface area contributed by atoms with Crippen LogP contribution in [0, 0.1) is 0 Å². The molecule has 0 spiro atoms. The number of nitrogens with zero attached hydrogens (tertiary/aromatic N) is 3. The fourth-order valence-corrected chi connectivity index (χ4v) is 2.07. The van der Waals surface area contributed by atoms with E-state index in [1.165, 1.54) is 12.8 Å². The summed E-state index contributed by atoms with van der Waals surface area (Å²) in [5.41, 5.74) is 0. The van der Waals surface area contributed by atoms with Crippen molar-refractivity contribution in [3.63, 3.8) is 0 Å². The zero-order valence-corrected chi connectivity index (χ0v) is 9.82. The van der Waals surface area contributed by atoms with Crippen LogP contribution >= 0.6 is 0 Å². The van der Waals surface area contributed by atoms with Gasteiger partial charge in [0.25, 0.3) is 0 Å². The first-order valence-corrected chi connectivity index (χ1v) is 6.10. The number of aryl methyl sites for hydroxylation is 1.